The molecule has 1 rings (SSSR count). The predicted molar refractivity (Wildman–Crippen MR) is 41.0 cm³/mol. The lowest BCUT2D eigenvalue weighted by atomic mass is 10.4. The Morgan fingerprint density at radius 1 is 1.75 bits per heavy atom. The van der Waals surface area contributed by atoms with Gasteiger partial charge in [-0.3, -0.25) is 4.79 Å². The Bertz CT molecular complexity index is 360. The number of carbonyl (C=O) groups excluding carboxylic acids is 1. The van der Waals surface area contributed by atoms with E-state index in [2.05, 4.69) is 9.97 Å². The monoisotopic (exact) mass is 185 g/mol. The molecule has 0 fully saturated rings. The Balaban J connectivity index is 3.24. The van der Waals surface area contributed by atoms with Gasteiger partial charge in [-0.25, -0.2) is 4.98 Å². The summed E-state index contributed by atoms with van der Waals surface area (Å²) in [6.45, 7) is 0. The first-order chi connectivity index (χ1) is 5.63. The molecule has 0 saturated carbocycles. The number of carbonyl (C=O) groups is 1. The molecule has 1 N–H and O–H groups in total. The third-order valence-electron chi connectivity index (χ3n) is 1.12. The van der Waals surface area contributed by atoms with Crippen molar-refractivity contribution < 1.29 is 9.90 Å². The third kappa shape index (κ3) is 1.85. The van der Waals surface area contributed by atoms with E-state index in [0.717, 1.165) is 17.8 Å². The van der Waals surface area contributed by atoms with Crippen molar-refractivity contribution in [3.8, 4) is 0 Å². The summed E-state index contributed by atoms with van der Waals surface area (Å²) in [5.41, 5.74) is -0.836. The summed E-state index contributed by atoms with van der Waals surface area (Å²) in [5.74, 6) is -1.45. The fourth-order valence-electron chi connectivity index (χ4n) is 0.637. The molecule has 1 aromatic heterocycles. The molecular formula is C6H5N2O3S-. The van der Waals surface area contributed by atoms with Crippen LogP contribution in [0.25, 0.3) is 0 Å². The van der Waals surface area contributed by atoms with E-state index in [9.17, 15) is 14.7 Å². The van der Waals surface area contributed by atoms with E-state index in [1.165, 1.54) is 0 Å². The number of aromatic amines is 1. The summed E-state index contributed by atoms with van der Waals surface area (Å²) in [4.78, 5) is 27.0. The van der Waals surface area contributed by atoms with Gasteiger partial charge in [-0.05, 0) is 6.26 Å². The second-order valence-electron chi connectivity index (χ2n) is 1.93. The molecule has 0 spiro atoms. The van der Waals surface area contributed by atoms with E-state index < -0.39 is 11.5 Å². The van der Waals surface area contributed by atoms with Crippen molar-refractivity contribution in [3.63, 3.8) is 0 Å². The van der Waals surface area contributed by atoms with Crippen molar-refractivity contribution in [1.29, 1.82) is 0 Å². The van der Waals surface area contributed by atoms with Crippen LogP contribution in [0.4, 0.5) is 0 Å². The highest BCUT2D eigenvalue weighted by atomic mass is 32.2. The van der Waals surface area contributed by atoms with Crippen molar-refractivity contribution in [3.05, 3.63) is 22.1 Å². The lowest BCUT2D eigenvalue weighted by Crippen LogP contribution is -2.26. The summed E-state index contributed by atoms with van der Waals surface area (Å²) in [6.07, 6.45) is 1.68. The number of carboxylic acid groups (broad SMARTS) is 1. The molecule has 64 valence electrons. The summed E-state index contributed by atoms with van der Waals surface area (Å²) in [7, 11) is 0. The Kier molecular flexibility index (Phi) is 2.49. The smallest absolute Gasteiger partial charge is 0.252 e. The van der Waals surface area contributed by atoms with Crippen LogP contribution in [-0.4, -0.2) is 22.2 Å². The lowest BCUT2D eigenvalue weighted by molar-refractivity contribution is -0.255. The van der Waals surface area contributed by atoms with Crippen LogP contribution in [0.3, 0.4) is 0 Å². The predicted octanol–water partition coefficient (Wildman–Crippen LogP) is -1.14. The minimum Gasteiger partial charge on any atom is -0.543 e. The van der Waals surface area contributed by atoms with E-state index in [4.69, 9.17) is 0 Å². The maximum atomic E-state index is 10.8. The molecule has 0 bridgehead atoms. The van der Waals surface area contributed by atoms with Crippen molar-refractivity contribution in [2.24, 2.45) is 0 Å². The van der Waals surface area contributed by atoms with E-state index in [0.29, 0.717) is 0 Å². The zero-order valence-electron chi connectivity index (χ0n) is 6.16. The molecule has 0 radical (unpaired) electrons. The summed E-state index contributed by atoms with van der Waals surface area (Å²) >= 11 is 1.16. The van der Waals surface area contributed by atoms with Gasteiger partial charge in [0.15, 0.2) is 5.16 Å². The van der Waals surface area contributed by atoms with Gasteiger partial charge in [0.05, 0.1) is 11.7 Å². The van der Waals surface area contributed by atoms with E-state index in [1.54, 1.807) is 6.26 Å². The molecule has 0 amide bonds. The molecule has 0 atom stereocenters. The first kappa shape index (κ1) is 8.79. The van der Waals surface area contributed by atoms with Crippen LogP contribution in [-0.2, 0) is 0 Å². The Morgan fingerprint density at radius 3 is 2.92 bits per heavy atom. The maximum absolute atomic E-state index is 10.8. The number of H-pyrrole nitrogens is 1. The average molecular weight is 185 g/mol. The minimum absolute atomic E-state index is 0.265. The molecule has 1 heterocycles. The number of nitrogens with zero attached hydrogens (tertiary/aromatic N) is 1. The van der Waals surface area contributed by atoms with E-state index in [-0.39, 0.29) is 10.9 Å². The average Bonchev–Trinajstić information content (AvgIpc) is 2.03. The molecule has 0 aliphatic heterocycles. The number of hydrogen-bond donors (Lipinski definition) is 1. The molecule has 1 aromatic rings. The van der Waals surface area contributed by atoms with Crippen LogP contribution in [0.1, 0.15) is 10.5 Å². The van der Waals surface area contributed by atoms with Gasteiger partial charge in [0.1, 0.15) is 0 Å². The molecule has 5 nitrogen and oxygen atoms in total. The SMILES string of the molecule is CSc1nc(C(=O)[O-])cc(=O)[nH]1. The lowest BCUT2D eigenvalue weighted by Gasteiger charge is -2.01. The zero-order chi connectivity index (χ0) is 9.14. The normalized spacial score (nSPS) is 9.75. The van der Waals surface area contributed by atoms with Gasteiger partial charge in [-0.1, -0.05) is 11.8 Å². The van der Waals surface area contributed by atoms with Gasteiger partial charge in [0.2, 0.25) is 0 Å². The van der Waals surface area contributed by atoms with Crippen molar-refractivity contribution >= 4 is 17.7 Å². The topological polar surface area (TPSA) is 85.9 Å². The van der Waals surface area contributed by atoms with Crippen LogP contribution in [0.15, 0.2) is 16.0 Å². The molecule has 0 aromatic carbocycles. The first-order valence-corrected chi connectivity index (χ1v) is 4.22. The highest BCUT2D eigenvalue weighted by Crippen LogP contribution is 2.04. The fraction of sp³-hybridized carbons (Fsp3) is 0.167. The van der Waals surface area contributed by atoms with Gasteiger partial charge in [-0.2, -0.15) is 0 Å². The van der Waals surface area contributed by atoms with Gasteiger partial charge >= 0.3 is 0 Å². The number of nitrogens with one attached hydrogen (secondary N) is 1. The van der Waals surface area contributed by atoms with Crippen LogP contribution >= 0.6 is 11.8 Å². The second kappa shape index (κ2) is 3.40. The number of thioether (sulfide) groups is 1. The number of rotatable bonds is 2. The van der Waals surface area contributed by atoms with Gasteiger partial charge in [0, 0.05) is 6.07 Å². The van der Waals surface area contributed by atoms with E-state index in [1.807, 2.05) is 0 Å². The highest BCUT2D eigenvalue weighted by Gasteiger charge is 1.99. The van der Waals surface area contributed by atoms with Crippen LogP contribution in [0, 0.1) is 0 Å². The quantitative estimate of drug-likeness (QED) is 0.464. The highest BCUT2D eigenvalue weighted by molar-refractivity contribution is 7.98. The third-order valence-corrected chi connectivity index (χ3v) is 1.70. The molecule has 12 heavy (non-hydrogen) atoms. The largest absolute Gasteiger partial charge is 0.543 e. The van der Waals surface area contributed by atoms with E-state index >= 15 is 0 Å². The molecule has 0 aliphatic rings. The Morgan fingerprint density at radius 2 is 2.42 bits per heavy atom. The van der Waals surface area contributed by atoms with Crippen LogP contribution < -0.4 is 10.7 Å². The number of hydrogen-bond acceptors (Lipinski definition) is 5. The van der Waals surface area contributed by atoms with Crippen LogP contribution in [0.5, 0.6) is 0 Å². The van der Waals surface area contributed by atoms with Crippen LogP contribution in [0.2, 0.25) is 0 Å². The zero-order valence-corrected chi connectivity index (χ0v) is 6.97. The molecular weight excluding hydrogens is 180 g/mol. The second-order valence-corrected chi connectivity index (χ2v) is 2.72. The van der Waals surface area contributed by atoms with Gasteiger partial charge < -0.3 is 14.9 Å². The molecule has 0 aliphatic carbocycles. The molecule has 0 saturated heterocycles. The standard InChI is InChI=1S/C6H6N2O3S/c1-12-6-7-3(5(10)11)2-4(9)8-6/h2H,1H3,(H,10,11)(H,7,8,9)/p-1. The summed E-state index contributed by atoms with van der Waals surface area (Å²) in [6, 6.07) is 0.884. The summed E-state index contributed by atoms with van der Waals surface area (Å²) < 4.78 is 0. The number of carboxylic acids is 1. The maximum Gasteiger partial charge on any atom is 0.252 e. The van der Waals surface area contributed by atoms with Crippen molar-refractivity contribution in [2.75, 3.05) is 6.26 Å². The number of aromatic carboxylic acids is 1. The Hall–Kier alpha value is -1.30. The fourth-order valence-corrected chi connectivity index (χ4v) is 1.03. The molecule has 6 heteroatoms. The summed E-state index contributed by atoms with van der Waals surface area (Å²) in [5, 5.41) is 10.6. The number of aromatic nitrogens is 2. The van der Waals surface area contributed by atoms with Gasteiger partial charge in [-0.15, -0.1) is 0 Å². The van der Waals surface area contributed by atoms with Gasteiger partial charge in [0.25, 0.3) is 5.56 Å². The first-order valence-electron chi connectivity index (χ1n) is 3.00. The van der Waals surface area contributed by atoms with Crippen molar-refractivity contribution in [1.82, 2.24) is 9.97 Å². The van der Waals surface area contributed by atoms with Crippen molar-refractivity contribution in [2.45, 2.75) is 5.16 Å². The Labute approximate surface area is 71.8 Å². The molecule has 0 unspecified atom stereocenters. The minimum atomic E-state index is -1.45.